The van der Waals surface area contributed by atoms with Crippen molar-refractivity contribution in [2.45, 2.75) is 106 Å². The highest BCUT2D eigenvalue weighted by Crippen LogP contribution is 2.18. The van der Waals surface area contributed by atoms with Crippen molar-refractivity contribution >= 4 is 81.3 Å². The molecule has 0 spiro atoms. The first-order chi connectivity index (χ1) is 24.5. The van der Waals surface area contributed by atoms with Gasteiger partial charge in [-0.25, -0.2) is 14.6 Å². The van der Waals surface area contributed by atoms with E-state index in [1.807, 2.05) is 90.1 Å². The Kier molecular flexibility index (Phi) is 38.8. The van der Waals surface area contributed by atoms with E-state index in [0.717, 1.165) is 74.6 Å². The van der Waals surface area contributed by atoms with Crippen LogP contribution < -0.4 is 31.9 Å². The molecule has 51 heavy (non-hydrogen) atoms. The molecule has 0 radical (unpaired) electrons. The van der Waals surface area contributed by atoms with Gasteiger partial charge >= 0.3 is 6.03 Å². The number of nitrogen functional groups attached to an aromatic ring is 1. The van der Waals surface area contributed by atoms with E-state index in [1.165, 1.54) is 12.5 Å². The number of hydrogen-bond acceptors (Lipinski definition) is 7. The molecule has 2 aromatic rings. The molecule has 0 heterocycles. The van der Waals surface area contributed by atoms with Crippen molar-refractivity contribution in [2.24, 2.45) is 10.7 Å². The summed E-state index contributed by atoms with van der Waals surface area (Å²) < 4.78 is 0. The van der Waals surface area contributed by atoms with Crippen molar-refractivity contribution in [3.8, 4) is 0 Å². The van der Waals surface area contributed by atoms with Crippen LogP contribution in [0.5, 0.6) is 0 Å². The van der Waals surface area contributed by atoms with Gasteiger partial charge in [0.2, 0.25) is 6.08 Å². The fraction of sp³-hybridized carbons (Fsp3) is 0.632. The van der Waals surface area contributed by atoms with Gasteiger partial charge < -0.3 is 31.9 Å². The maximum Gasteiger partial charge on any atom is 0.319 e. The van der Waals surface area contributed by atoms with Crippen LogP contribution in [0.2, 0.25) is 0 Å². The average Bonchev–Trinajstić information content (AvgIpc) is 3.10. The highest BCUT2D eigenvalue weighted by molar-refractivity contribution is 6.19. The van der Waals surface area contributed by atoms with Gasteiger partial charge in [0.25, 0.3) is 0 Å². The van der Waals surface area contributed by atoms with Crippen molar-refractivity contribution in [3.05, 3.63) is 48.5 Å². The van der Waals surface area contributed by atoms with Gasteiger partial charge in [0.1, 0.15) is 0 Å². The van der Waals surface area contributed by atoms with E-state index in [1.54, 1.807) is 0 Å². The Morgan fingerprint density at radius 2 is 1.18 bits per heavy atom. The van der Waals surface area contributed by atoms with Crippen LogP contribution in [-0.2, 0) is 4.79 Å². The molecule has 6 N–H and O–H groups in total. The Hall–Kier alpha value is -2.39. The van der Waals surface area contributed by atoms with Crippen LogP contribution in [0.15, 0.2) is 53.5 Å². The largest absolute Gasteiger partial charge is 0.399 e. The average molecular weight is 796 g/mol. The van der Waals surface area contributed by atoms with Gasteiger partial charge in [-0.1, -0.05) is 47.5 Å². The monoisotopic (exact) mass is 793 g/mol. The zero-order chi connectivity index (χ0) is 39.5. The highest BCUT2D eigenvalue weighted by Gasteiger charge is 2.08. The molecule has 3 unspecified atom stereocenters. The van der Waals surface area contributed by atoms with E-state index >= 15 is 0 Å². The molecule has 2 aromatic carbocycles. The standard InChI is InChI=1S/C15H23Cl2N3O.C10H14Cl2N2.C6H11NO.C5H13N.C2H6/c1-3-12(2)18-15(21)19-13-4-6-14(7-5-13)20(10-8-16)11-9-17;11-5-7-14(8-6-12)10-3-1-9(13)2-4-10;1-3-4-6(2)7-5-8;1-3-4-5(2)6;1-2/h4-7,12H,3,8-11H2,1-2H3,(H2,18,19,21);1-4H,5-8,13H2;6H,3-4H2,1-2H3;5H,3-4,6H2,1-2H3;1-2H3. The molecule has 0 aliphatic heterocycles. The highest BCUT2D eigenvalue weighted by atomic mass is 35.5. The van der Waals surface area contributed by atoms with Crippen LogP contribution in [-0.4, -0.2) is 79.9 Å². The van der Waals surface area contributed by atoms with Crippen LogP contribution in [0.1, 0.15) is 87.5 Å². The second kappa shape index (κ2) is 37.4. The number of urea groups is 1. The molecule has 0 bridgehead atoms. The summed E-state index contributed by atoms with van der Waals surface area (Å²) in [6.45, 7) is 19.3. The van der Waals surface area contributed by atoms with Gasteiger partial charge in [-0.3, -0.25) is 0 Å². The zero-order valence-electron chi connectivity index (χ0n) is 32.4. The number of isocyanates is 1. The number of carbonyl (C=O) groups excluding carboxylic acids is 2. The Bertz CT molecular complexity index is 1090. The molecule has 0 aliphatic carbocycles. The minimum Gasteiger partial charge on any atom is -0.399 e. The van der Waals surface area contributed by atoms with Crippen molar-refractivity contribution in [1.29, 1.82) is 0 Å². The SMILES string of the molecule is CC.CCC(C)NC(=O)Nc1ccc(N(CCCl)CCCl)cc1.CCCC(C)N.CCCC(C)N=C=O.Nc1ccc(N(CCCl)CCCl)cc1. The van der Waals surface area contributed by atoms with E-state index in [0.29, 0.717) is 29.6 Å². The molecule has 13 heteroatoms. The Balaban J connectivity index is -0.000000659. The summed E-state index contributed by atoms with van der Waals surface area (Å²) in [5.74, 6) is 2.30. The number of anilines is 4. The number of nitrogens with zero attached hydrogens (tertiary/aromatic N) is 3. The fourth-order valence-electron chi connectivity index (χ4n) is 4.11. The molecule has 0 fully saturated rings. The van der Waals surface area contributed by atoms with Crippen LogP contribution in [0, 0.1) is 0 Å². The quantitative estimate of drug-likeness (QED) is 0.0515. The first kappa shape index (κ1) is 53.0. The van der Waals surface area contributed by atoms with E-state index in [-0.39, 0.29) is 18.1 Å². The molecular weight excluding hydrogens is 728 g/mol. The number of nitrogens with two attached hydrogens (primary N) is 2. The van der Waals surface area contributed by atoms with Crippen LogP contribution in [0.3, 0.4) is 0 Å². The first-order valence-corrected chi connectivity index (χ1v) is 20.2. The predicted octanol–water partition coefficient (Wildman–Crippen LogP) is 10.1. The Labute approximate surface area is 330 Å². The molecule has 0 saturated carbocycles. The minimum atomic E-state index is -0.185. The van der Waals surface area contributed by atoms with Crippen molar-refractivity contribution in [3.63, 3.8) is 0 Å². The van der Waals surface area contributed by atoms with Crippen LogP contribution >= 0.6 is 46.4 Å². The lowest BCUT2D eigenvalue weighted by atomic mass is 10.2. The lowest BCUT2D eigenvalue weighted by Crippen LogP contribution is -2.35. The Morgan fingerprint density at radius 1 is 0.765 bits per heavy atom. The number of aliphatic imine (C=N–C) groups is 1. The number of amides is 2. The third-order valence-corrected chi connectivity index (χ3v) is 7.56. The van der Waals surface area contributed by atoms with E-state index in [2.05, 4.69) is 39.3 Å². The number of hydrogen-bond donors (Lipinski definition) is 4. The summed E-state index contributed by atoms with van der Waals surface area (Å²) >= 11 is 23.0. The summed E-state index contributed by atoms with van der Waals surface area (Å²) in [4.78, 5) is 29.1. The van der Waals surface area contributed by atoms with Gasteiger partial charge in [0.15, 0.2) is 0 Å². The topological polar surface area (TPSA) is 129 Å². The number of rotatable bonds is 18. The molecule has 0 saturated heterocycles. The lowest BCUT2D eigenvalue weighted by Gasteiger charge is -2.23. The molecule has 2 amide bonds. The number of alkyl halides is 4. The van der Waals surface area contributed by atoms with Gasteiger partial charge in [0, 0.05) is 84.5 Å². The van der Waals surface area contributed by atoms with Crippen molar-refractivity contribution in [1.82, 2.24) is 5.32 Å². The predicted molar refractivity (Wildman–Crippen MR) is 229 cm³/mol. The van der Waals surface area contributed by atoms with Crippen molar-refractivity contribution < 1.29 is 9.59 Å². The van der Waals surface area contributed by atoms with Crippen molar-refractivity contribution in [2.75, 3.05) is 70.5 Å². The second-order valence-electron chi connectivity index (χ2n) is 11.4. The summed E-state index contributed by atoms with van der Waals surface area (Å²) in [7, 11) is 0. The number of halogens is 4. The van der Waals surface area contributed by atoms with Gasteiger partial charge in [0.05, 0.1) is 6.04 Å². The molecule has 0 aromatic heterocycles. The molecule has 3 atom stereocenters. The van der Waals surface area contributed by atoms with E-state index in [4.69, 9.17) is 57.9 Å². The summed E-state index contributed by atoms with van der Waals surface area (Å²) in [5.41, 5.74) is 14.7. The van der Waals surface area contributed by atoms with E-state index < -0.39 is 0 Å². The molecule has 2 rings (SSSR count). The smallest absolute Gasteiger partial charge is 0.319 e. The van der Waals surface area contributed by atoms with Crippen LogP contribution in [0.25, 0.3) is 0 Å². The zero-order valence-corrected chi connectivity index (χ0v) is 35.4. The maximum absolute atomic E-state index is 11.7. The minimum absolute atomic E-state index is 0.159. The summed E-state index contributed by atoms with van der Waals surface area (Å²) in [6, 6.07) is 15.9. The molecule has 0 aliphatic rings. The second-order valence-corrected chi connectivity index (χ2v) is 12.9. The molecular formula is C38H67Cl4N7O2. The lowest BCUT2D eigenvalue weighted by molar-refractivity contribution is 0.249. The normalized spacial score (nSPS) is 11.4. The van der Waals surface area contributed by atoms with Gasteiger partial charge in [-0.2, -0.15) is 0 Å². The van der Waals surface area contributed by atoms with Gasteiger partial charge in [-0.15, -0.1) is 46.4 Å². The van der Waals surface area contributed by atoms with Crippen LogP contribution in [0.4, 0.5) is 27.5 Å². The third-order valence-electron chi connectivity index (χ3n) is 6.88. The first-order valence-electron chi connectivity index (χ1n) is 18.1. The van der Waals surface area contributed by atoms with Gasteiger partial charge in [-0.05, 0) is 88.6 Å². The number of nitrogens with one attached hydrogen (secondary N) is 2. The number of benzene rings is 2. The summed E-state index contributed by atoms with van der Waals surface area (Å²) in [5, 5.41) is 5.68. The fourth-order valence-corrected chi connectivity index (χ4v) is 4.93. The maximum atomic E-state index is 11.7. The summed E-state index contributed by atoms with van der Waals surface area (Å²) in [6.07, 6.45) is 6.84. The number of carbonyl (C=O) groups is 1. The molecule has 294 valence electrons. The molecule has 9 nitrogen and oxygen atoms in total. The Morgan fingerprint density at radius 3 is 1.49 bits per heavy atom. The third kappa shape index (κ3) is 30.9. The van der Waals surface area contributed by atoms with E-state index in [9.17, 15) is 9.59 Å².